The molecule has 1 aromatic carbocycles. The zero-order valence-corrected chi connectivity index (χ0v) is 22.3. The van der Waals surface area contributed by atoms with E-state index in [2.05, 4.69) is 41.2 Å². The van der Waals surface area contributed by atoms with Crippen molar-refractivity contribution in [2.75, 3.05) is 53.6 Å². The summed E-state index contributed by atoms with van der Waals surface area (Å²) in [6.45, 7) is 7.22. The summed E-state index contributed by atoms with van der Waals surface area (Å²) in [5.41, 5.74) is 3.16. The highest BCUT2D eigenvalue weighted by atomic mass is 35.5. The molecule has 34 heavy (non-hydrogen) atoms. The Kier molecular flexibility index (Phi) is 10.3. The summed E-state index contributed by atoms with van der Waals surface area (Å²) in [5.74, 6) is 3.24. The van der Waals surface area contributed by atoms with Crippen molar-refractivity contribution < 1.29 is 14.0 Å². The van der Waals surface area contributed by atoms with Crippen molar-refractivity contribution in [2.24, 2.45) is 17.8 Å². The van der Waals surface area contributed by atoms with Gasteiger partial charge in [-0.05, 0) is 102 Å². The van der Waals surface area contributed by atoms with E-state index in [1.807, 2.05) is 0 Å². The van der Waals surface area contributed by atoms with E-state index >= 15 is 0 Å². The Bertz CT molecular complexity index is 889. The molecule has 1 unspecified atom stereocenters. The predicted molar refractivity (Wildman–Crippen MR) is 141 cm³/mol. The average molecular weight is 515 g/mol. The zero-order valence-electron chi connectivity index (χ0n) is 20.7. The molecule has 3 aliphatic rings. The Morgan fingerprint density at radius 3 is 2.50 bits per heavy atom. The molecular formula is C26H41Cl2N3O3. The first-order chi connectivity index (χ1) is 15.7. The van der Waals surface area contributed by atoms with Crippen molar-refractivity contribution in [3.63, 3.8) is 0 Å². The topological polar surface area (TPSA) is 51.0 Å². The van der Waals surface area contributed by atoms with Gasteiger partial charge in [0.2, 0.25) is 0 Å². The van der Waals surface area contributed by atoms with Crippen molar-refractivity contribution in [1.82, 2.24) is 15.0 Å². The van der Waals surface area contributed by atoms with Gasteiger partial charge in [0.25, 0.3) is 0 Å². The molecule has 2 aliphatic heterocycles. The van der Waals surface area contributed by atoms with Gasteiger partial charge in [-0.15, -0.1) is 24.8 Å². The molecule has 0 bridgehead atoms. The van der Waals surface area contributed by atoms with E-state index in [1.165, 1.54) is 63.5 Å². The summed E-state index contributed by atoms with van der Waals surface area (Å²) >= 11 is 0. The number of hydrogen-bond donors (Lipinski definition) is 0. The molecule has 0 N–H and O–H groups in total. The summed E-state index contributed by atoms with van der Waals surface area (Å²) in [6.07, 6.45) is 8.63. The molecule has 0 amide bonds. The lowest BCUT2D eigenvalue weighted by molar-refractivity contribution is 0.138. The van der Waals surface area contributed by atoms with Crippen LogP contribution in [0.15, 0.2) is 16.7 Å². The van der Waals surface area contributed by atoms with Gasteiger partial charge in [-0.1, -0.05) is 5.16 Å². The van der Waals surface area contributed by atoms with Crippen LogP contribution in [0.1, 0.15) is 49.8 Å². The van der Waals surface area contributed by atoms with Crippen LogP contribution in [0, 0.1) is 17.8 Å². The first-order valence-electron chi connectivity index (χ1n) is 12.6. The van der Waals surface area contributed by atoms with Crippen LogP contribution < -0.4 is 4.74 Å². The van der Waals surface area contributed by atoms with Crippen molar-refractivity contribution in [2.45, 2.75) is 51.5 Å². The van der Waals surface area contributed by atoms with Gasteiger partial charge >= 0.3 is 0 Å². The van der Waals surface area contributed by atoms with Crippen molar-refractivity contribution in [3.8, 4) is 5.75 Å². The highest BCUT2D eigenvalue weighted by molar-refractivity contribution is 5.86. The molecule has 0 radical (unpaired) electrons. The number of rotatable bonds is 10. The molecule has 1 atom stereocenters. The van der Waals surface area contributed by atoms with Gasteiger partial charge in [-0.3, -0.25) is 0 Å². The van der Waals surface area contributed by atoms with E-state index in [0.717, 1.165) is 73.1 Å². The minimum Gasteiger partial charge on any atom is -0.493 e. The van der Waals surface area contributed by atoms with Crippen LogP contribution in [-0.4, -0.2) is 68.5 Å². The van der Waals surface area contributed by atoms with Crippen molar-refractivity contribution in [3.05, 3.63) is 23.4 Å². The number of piperidine rings is 1. The van der Waals surface area contributed by atoms with E-state index in [4.69, 9.17) is 14.0 Å². The SMILES string of the molecule is CN(C)Cc1c(OCC2CC2)ccc2c(CCC3CCN(CC4CCOC4)CC3)noc12.Cl.Cl. The molecule has 8 heteroatoms. The molecule has 5 rings (SSSR count). The van der Waals surface area contributed by atoms with Crippen LogP contribution in [0.3, 0.4) is 0 Å². The van der Waals surface area contributed by atoms with Gasteiger partial charge in [0.1, 0.15) is 5.75 Å². The molecule has 192 valence electrons. The maximum Gasteiger partial charge on any atom is 0.175 e. The Hall–Kier alpha value is -1.05. The van der Waals surface area contributed by atoms with Crippen LogP contribution >= 0.6 is 24.8 Å². The summed E-state index contributed by atoms with van der Waals surface area (Å²) < 4.78 is 17.6. The van der Waals surface area contributed by atoms with Gasteiger partial charge < -0.3 is 23.8 Å². The molecule has 2 aromatic rings. The first kappa shape index (κ1) is 27.5. The number of nitrogens with zero attached hydrogens (tertiary/aromatic N) is 3. The molecule has 3 fully saturated rings. The minimum absolute atomic E-state index is 0. The Morgan fingerprint density at radius 1 is 1.03 bits per heavy atom. The Labute approximate surface area is 216 Å². The second-order valence-electron chi connectivity index (χ2n) is 10.6. The molecular weight excluding hydrogens is 473 g/mol. The number of hydrogen-bond acceptors (Lipinski definition) is 6. The standard InChI is InChI=1S/C26H39N3O3.2ClH/c1-28(2)16-23-25(31-18-20-3-4-20)8-6-22-24(27-32-26(22)23)7-5-19-9-12-29(13-10-19)15-21-11-14-30-17-21;;/h6,8,19-21H,3-5,7,9-18H2,1-2H3;2*1H. The van der Waals surface area contributed by atoms with Crippen LogP contribution in [0.2, 0.25) is 0 Å². The van der Waals surface area contributed by atoms with E-state index in [-0.39, 0.29) is 24.8 Å². The van der Waals surface area contributed by atoms with E-state index in [9.17, 15) is 0 Å². The monoisotopic (exact) mass is 513 g/mol. The van der Waals surface area contributed by atoms with Crippen LogP contribution in [0.5, 0.6) is 5.75 Å². The van der Waals surface area contributed by atoms with E-state index < -0.39 is 0 Å². The average Bonchev–Trinajstić information content (AvgIpc) is 3.30. The largest absolute Gasteiger partial charge is 0.493 e. The summed E-state index contributed by atoms with van der Waals surface area (Å²) in [6, 6.07) is 4.30. The maximum atomic E-state index is 6.17. The molecule has 1 aliphatic carbocycles. The molecule has 2 saturated heterocycles. The number of benzene rings is 1. The highest BCUT2D eigenvalue weighted by Crippen LogP contribution is 2.35. The number of aryl methyl sites for hydroxylation is 1. The maximum absolute atomic E-state index is 6.17. The van der Waals surface area contributed by atoms with Gasteiger partial charge in [0, 0.05) is 25.1 Å². The highest BCUT2D eigenvalue weighted by Gasteiger charge is 2.26. The third-order valence-corrected chi connectivity index (χ3v) is 7.46. The van der Waals surface area contributed by atoms with Crippen molar-refractivity contribution >= 4 is 35.8 Å². The minimum atomic E-state index is 0. The van der Waals surface area contributed by atoms with Gasteiger partial charge in [-0.2, -0.15) is 0 Å². The third kappa shape index (κ3) is 7.01. The summed E-state index contributed by atoms with van der Waals surface area (Å²) in [7, 11) is 4.18. The van der Waals surface area contributed by atoms with Gasteiger partial charge in [0.05, 0.1) is 24.5 Å². The molecule has 0 spiro atoms. The van der Waals surface area contributed by atoms with Crippen LogP contribution in [0.4, 0.5) is 0 Å². The predicted octanol–water partition coefficient (Wildman–Crippen LogP) is 5.20. The first-order valence-corrected chi connectivity index (χ1v) is 12.6. The Morgan fingerprint density at radius 2 is 1.82 bits per heavy atom. The van der Waals surface area contributed by atoms with Gasteiger partial charge in [-0.25, -0.2) is 0 Å². The Balaban J connectivity index is 0.00000162. The van der Waals surface area contributed by atoms with E-state index in [1.54, 1.807) is 0 Å². The third-order valence-electron chi connectivity index (χ3n) is 7.46. The van der Waals surface area contributed by atoms with Gasteiger partial charge in [0.15, 0.2) is 5.58 Å². The fourth-order valence-corrected chi connectivity index (χ4v) is 5.26. The van der Waals surface area contributed by atoms with Crippen LogP contribution in [0.25, 0.3) is 11.0 Å². The fourth-order valence-electron chi connectivity index (χ4n) is 5.26. The second-order valence-corrected chi connectivity index (χ2v) is 10.6. The fraction of sp³-hybridized carbons (Fsp3) is 0.731. The molecule has 1 saturated carbocycles. The van der Waals surface area contributed by atoms with Crippen LogP contribution in [-0.2, 0) is 17.7 Å². The lowest BCUT2D eigenvalue weighted by Crippen LogP contribution is -2.37. The van der Waals surface area contributed by atoms with E-state index in [0.29, 0.717) is 0 Å². The second kappa shape index (κ2) is 12.8. The smallest absolute Gasteiger partial charge is 0.175 e. The number of likely N-dealkylation sites (tertiary alicyclic amines) is 1. The quantitative estimate of drug-likeness (QED) is 0.434. The zero-order chi connectivity index (χ0) is 21.9. The molecule has 3 heterocycles. The molecule has 1 aromatic heterocycles. The number of ether oxygens (including phenoxy) is 2. The number of fused-ring (bicyclic) bond motifs is 1. The normalized spacial score (nSPS) is 21.6. The number of halogens is 2. The summed E-state index contributed by atoms with van der Waals surface area (Å²) in [4.78, 5) is 4.82. The molecule has 6 nitrogen and oxygen atoms in total. The number of aromatic nitrogens is 1. The summed E-state index contributed by atoms with van der Waals surface area (Å²) in [5, 5.41) is 5.67. The van der Waals surface area contributed by atoms with Crippen molar-refractivity contribution in [1.29, 1.82) is 0 Å². The lowest BCUT2D eigenvalue weighted by Gasteiger charge is -2.33. The lowest BCUT2D eigenvalue weighted by atomic mass is 9.90.